The number of benzene rings is 1. The fourth-order valence-electron chi connectivity index (χ4n) is 3.48. The number of halogens is 2. The van der Waals surface area contributed by atoms with Crippen LogP contribution in [0.3, 0.4) is 0 Å². The minimum atomic E-state index is -3.80. The Morgan fingerprint density at radius 2 is 1.70 bits per heavy atom. The molecule has 0 saturated heterocycles. The summed E-state index contributed by atoms with van der Waals surface area (Å²) in [5.41, 5.74) is 0.955. The molecule has 1 atom stereocenters. The highest BCUT2D eigenvalue weighted by Gasteiger charge is 2.31. The van der Waals surface area contributed by atoms with Gasteiger partial charge in [0.25, 0.3) is 5.91 Å². The van der Waals surface area contributed by atoms with Crippen molar-refractivity contribution in [2.45, 2.75) is 71.8 Å². The number of carbonyl (C=O) groups excluding carboxylic acids is 1. The number of hydrogen-bond acceptors (Lipinski definition) is 3. The minimum Gasteiger partial charge on any atom is -0.386 e. The molecule has 1 aliphatic carbocycles. The zero-order valence-electron chi connectivity index (χ0n) is 18.3. The van der Waals surface area contributed by atoms with Gasteiger partial charge in [-0.3, -0.25) is 4.79 Å². The van der Waals surface area contributed by atoms with E-state index in [1.165, 1.54) is 26.0 Å². The fourth-order valence-corrected chi connectivity index (χ4v) is 4.66. The summed E-state index contributed by atoms with van der Waals surface area (Å²) in [5, 5.41) is 15.8. The standard InChI is InChI=1S/C22H30F2N2O3S/c1-12(2)16-9-15(23)10-17(13(3)4)18(16)11-21(27)26-30(25,29)20-8-14(7-19(20)24)22(5,6)28/h7,9-10,12-13,28H,8,11H2,1-6H3,(H2,25,26,27,29). The second-order valence-corrected chi connectivity index (χ2v) is 10.6. The molecule has 0 aliphatic heterocycles. The van der Waals surface area contributed by atoms with Gasteiger partial charge < -0.3 is 5.11 Å². The highest BCUT2D eigenvalue weighted by Crippen LogP contribution is 2.36. The second kappa shape index (κ2) is 8.69. The van der Waals surface area contributed by atoms with Crippen molar-refractivity contribution in [2.24, 2.45) is 9.50 Å². The summed E-state index contributed by atoms with van der Waals surface area (Å²) in [6.45, 7) is 10.5. The first-order chi connectivity index (χ1) is 13.6. The van der Waals surface area contributed by atoms with E-state index in [-0.39, 0.29) is 35.4 Å². The van der Waals surface area contributed by atoms with Crippen LogP contribution in [-0.2, 0) is 21.1 Å². The summed E-state index contributed by atoms with van der Waals surface area (Å²) in [6, 6.07) is 2.77. The molecule has 0 saturated carbocycles. The Balaban J connectivity index is 2.41. The molecule has 8 heteroatoms. The minimum absolute atomic E-state index is 0.0447. The van der Waals surface area contributed by atoms with E-state index in [0.29, 0.717) is 22.3 Å². The van der Waals surface area contributed by atoms with E-state index in [0.717, 1.165) is 6.08 Å². The topological polar surface area (TPSA) is 92.8 Å². The molecule has 1 aromatic rings. The van der Waals surface area contributed by atoms with E-state index < -0.39 is 27.3 Å². The van der Waals surface area contributed by atoms with E-state index in [1.807, 2.05) is 27.7 Å². The molecule has 0 bridgehead atoms. The third kappa shape index (κ3) is 5.42. The summed E-state index contributed by atoms with van der Waals surface area (Å²) in [5.74, 6) is -2.09. The van der Waals surface area contributed by atoms with Crippen LogP contribution in [0.15, 0.2) is 38.9 Å². The third-order valence-electron chi connectivity index (χ3n) is 5.15. The Hall–Kier alpha value is -1.90. The van der Waals surface area contributed by atoms with Crippen LogP contribution in [-0.4, -0.2) is 20.8 Å². The number of nitrogens with zero attached hydrogens (tertiary/aromatic N) is 1. The zero-order valence-corrected chi connectivity index (χ0v) is 19.1. The molecule has 5 nitrogen and oxygen atoms in total. The van der Waals surface area contributed by atoms with Gasteiger partial charge in [-0.05, 0) is 66.2 Å². The quantitative estimate of drug-likeness (QED) is 0.668. The Kier molecular flexibility index (Phi) is 7.06. The first-order valence-electron chi connectivity index (χ1n) is 9.85. The summed E-state index contributed by atoms with van der Waals surface area (Å²) in [6.07, 6.45) is 0.707. The van der Waals surface area contributed by atoms with Gasteiger partial charge in [-0.15, -0.1) is 4.36 Å². The van der Waals surface area contributed by atoms with Crippen molar-refractivity contribution in [1.29, 1.82) is 0 Å². The molecule has 0 aromatic heterocycles. The van der Waals surface area contributed by atoms with Crippen LogP contribution in [0.2, 0.25) is 0 Å². The number of amides is 1. The number of nitrogens with two attached hydrogens (primary N) is 1. The van der Waals surface area contributed by atoms with Crippen molar-refractivity contribution in [3.63, 3.8) is 0 Å². The molecule has 0 heterocycles. The van der Waals surface area contributed by atoms with Crippen LogP contribution >= 0.6 is 0 Å². The largest absolute Gasteiger partial charge is 0.386 e. The van der Waals surface area contributed by atoms with Crippen molar-refractivity contribution in [2.75, 3.05) is 0 Å². The summed E-state index contributed by atoms with van der Waals surface area (Å²) in [7, 11) is -3.80. The first kappa shape index (κ1) is 24.4. The first-order valence-corrected chi connectivity index (χ1v) is 11.4. The molecular weight excluding hydrogens is 410 g/mol. The van der Waals surface area contributed by atoms with Crippen LogP contribution in [0.1, 0.15) is 76.5 Å². The van der Waals surface area contributed by atoms with Crippen molar-refractivity contribution in [3.05, 3.63) is 57.0 Å². The van der Waals surface area contributed by atoms with Crippen LogP contribution in [0.25, 0.3) is 0 Å². The molecule has 0 spiro atoms. The molecule has 30 heavy (non-hydrogen) atoms. The van der Waals surface area contributed by atoms with E-state index >= 15 is 0 Å². The van der Waals surface area contributed by atoms with Crippen molar-refractivity contribution in [1.82, 2.24) is 0 Å². The monoisotopic (exact) mass is 440 g/mol. The Bertz CT molecular complexity index is 1010. The number of allylic oxidation sites excluding steroid dienone is 3. The van der Waals surface area contributed by atoms with Crippen LogP contribution in [0.4, 0.5) is 8.78 Å². The molecular formula is C22H30F2N2O3S. The Morgan fingerprint density at radius 3 is 2.10 bits per heavy atom. The summed E-state index contributed by atoms with van der Waals surface area (Å²) in [4.78, 5) is 12.4. The maximum Gasteiger partial charge on any atom is 0.259 e. The average molecular weight is 441 g/mol. The van der Waals surface area contributed by atoms with Gasteiger partial charge in [0.1, 0.15) is 21.6 Å². The molecule has 0 radical (unpaired) electrons. The predicted octanol–water partition coefficient (Wildman–Crippen LogP) is 4.77. The lowest BCUT2D eigenvalue weighted by Crippen LogP contribution is -2.23. The van der Waals surface area contributed by atoms with Gasteiger partial charge in [-0.2, -0.15) is 0 Å². The molecule has 166 valence electrons. The smallest absolute Gasteiger partial charge is 0.259 e. The summed E-state index contributed by atoms with van der Waals surface area (Å²) < 4.78 is 44.9. The summed E-state index contributed by atoms with van der Waals surface area (Å²) >= 11 is 0. The molecule has 1 amide bonds. The van der Waals surface area contributed by atoms with Crippen LogP contribution < -0.4 is 5.14 Å². The fraction of sp³-hybridized carbons (Fsp3) is 0.500. The molecule has 3 N–H and O–H groups in total. The lowest BCUT2D eigenvalue weighted by molar-refractivity contribution is -0.117. The van der Waals surface area contributed by atoms with Crippen LogP contribution in [0.5, 0.6) is 0 Å². The lowest BCUT2D eigenvalue weighted by Gasteiger charge is -2.20. The van der Waals surface area contributed by atoms with Gasteiger partial charge in [0, 0.05) is 6.42 Å². The molecule has 0 fully saturated rings. The average Bonchev–Trinajstić information content (AvgIpc) is 2.98. The van der Waals surface area contributed by atoms with Gasteiger partial charge in [-0.1, -0.05) is 27.7 Å². The van der Waals surface area contributed by atoms with Crippen molar-refractivity contribution < 1.29 is 22.9 Å². The lowest BCUT2D eigenvalue weighted by atomic mass is 9.87. The predicted molar refractivity (Wildman–Crippen MR) is 115 cm³/mol. The van der Waals surface area contributed by atoms with E-state index in [2.05, 4.69) is 4.36 Å². The van der Waals surface area contributed by atoms with Gasteiger partial charge in [0.05, 0.1) is 16.9 Å². The highest BCUT2D eigenvalue weighted by molar-refractivity contribution is 7.95. The number of aliphatic hydroxyl groups is 1. The molecule has 2 rings (SSSR count). The Morgan fingerprint density at radius 1 is 1.20 bits per heavy atom. The molecule has 1 unspecified atom stereocenters. The SMILES string of the molecule is CC(C)c1cc(F)cc(C(C)C)c1CC(=O)N=S(N)(=O)C1=C(F)C=C(C(C)(C)O)C1. The number of rotatable bonds is 6. The van der Waals surface area contributed by atoms with E-state index in [1.54, 1.807) is 0 Å². The van der Waals surface area contributed by atoms with Gasteiger partial charge in [-0.25, -0.2) is 18.1 Å². The van der Waals surface area contributed by atoms with Gasteiger partial charge in [0.15, 0.2) is 0 Å². The second-order valence-electron chi connectivity index (χ2n) is 8.78. The highest BCUT2D eigenvalue weighted by atomic mass is 32.2. The third-order valence-corrected chi connectivity index (χ3v) is 6.67. The normalized spacial score (nSPS) is 16.9. The maximum absolute atomic E-state index is 14.3. The molecule has 1 aromatic carbocycles. The van der Waals surface area contributed by atoms with Crippen molar-refractivity contribution in [3.8, 4) is 0 Å². The van der Waals surface area contributed by atoms with E-state index in [4.69, 9.17) is 5.14 Å². The van der Waals surface area contributed by atoms with Crippen molar-refractivity contribution >= 4 is 15.8 Å². The van der Waals surface area contributed by atoms with Gasteiger partial charge in [0.2, 0.25) is 0 Å². The maximum atomic E-state index is 14.3. The number of hydrogen-bond donors (Lipinski definition) is 2. The zero-order chi connectivity index (χ0) is 23.0. The van der Waals surface area contributed by atoms with Gasteiger partial charge >= 0.3 is 0 Å². The number of carbonyl (C=O) groups is 1. The van der Waals surface area contributed by atoms with E-state index in [9.17, 15) is 22.9 Å². The Labute approximate surface area is 177 Å². The van der Waals surface area contributed by atoms with Crippen LogP contribution in [0, 0.1) is 5.82 Å². The molecule has 1 aliphatic rings.